The van der Waals surface area contributed by atoms with E-state index in [0.29, 0.717) is 28.1 Å². The third-order valence-corrected chi connectivity index (χ3v) is 5.58. The summed E-state index contributed by atoms with van der Waals surface area (Å²) in [4.78, 5) is 15.8. The van der Waals surface area contributed by atoms with Crippen LogP contribution >= 0.6 is 11.6 Å². The molecule has 4 rings (SSSR count). The summed E-state index contributed by atoms with van der Waals surface area (Å²) in [6.07, 6.45) is 3.18. The summed E-state index contributed by atoms with van der Waals surface area (Å²) in [6, 6.07) is 13.3. The smallest absolute Gasteiger partial charge is 0.337 e. The lowest BCUT2D eigenvalue weighted by Gasteiger charge is -2.14. The zero-order valence-electron chi connectivity index (χ0n) is 18.3. The summed E-state index contributed by atoms with van der Waals surface area (Å²) in [7, 11) is 0. The van der Waals surface area contributed by atoms with Gasteiger partial charge in [-0.2, -0.15) is 5.10 Å². The van der Waals surface area contributed by atoms with Crippen molar-refractivity contribution >= 4 is 29.1 Å². The van der Waals surface area contributed by atoms with E-state index in [4.69, 9.17) is 16.7 Å². The molecule has 2 N–H and O–H groups in total. The van der Waals surface area contributed by atoms with E-state index >= 15 is 0 Å². The van der Waals surface area contributed by atoms with Gasteiger partial charge in [-0.3, -0.25) is 4.98 Å². The van der Waals surface area contributed by atoms with Gasteiger partial charge < -0.3 is 10.4 Å². The first-order chi connectivity index (χ1) is 15.7. The van der Waals surface area contributed by atoms with Gasteiger partial charge in [0.05, 0.1) is 27.7 Å². The lowest BCUT2D eigenvalue weighted by Crippen LogP contribution is -2.08. The minimum atomic E-state index is -1.17. The Kier molecular flexibility index (Phi) is 6.16. The van der Waals surface area contributed by atoms with Crippen molar-refractivity contribution in [2.24, 2.45) is 0 Å². The second-order valence-electron chi connectivity index (χ2n) is 8.01. The number of anilines is 2. The van der Waals surface area contributed by atoms with Crippen LogP contribution in [0.2, 0.25) is 5.02 Å². The van der Waals surface area contributed by atoms with E-state index in [2.05, 4.69) is 36.3 Å². The van der Waals surface area contributed by atoms with Gasteiger partial charge in [-0.1, -0.05) is 43.6 Å². The van der Waals surface area contributed by atoms with Crippen LogP contribution in [0, 0.1) is 12.7 Å². The molecule has 168 valence electrons. The Balaban J connectivity index is 1.90. The molecule has 2 aromatic heterocycles. The Morgan fingerprint density at radius 3 is 2.64 bits per heavy atom. The summed E-state index contributed by atoms with van der Waals surface area (Å²) in [5, 5.41) is 17.7. The fourth-order valence-electron chi connectivity index (χ4n) is 3.58. The van der Waals surface area contributed by atoms with E-state index in [9.17, 15) is 14.3 Å². The highest BCUT2D eigenvalue weighted by Crippen LogP contribution is 2.33. The second-order valence-corrected chi connectivity index (χ2v) is 8.42. The van der Waals surface area contributed by atoms with Gasteiger partial charge in [-0.15, -0.1) is 0 Å². The third-order valence-electron chi connectivity index (χ3n) is 5.30. The largest absolute Gasteiger partial charge is 0.478 e. The van der Waals surface area contributed by atoms with Gasteiger partial charge in [0.1, 0.15) is 11.6 Å². The molecule has 33 heavy (non-hydrogen) atoms. The number of hydrogen-bond donors (Lipinski definition) is 2. The number of rotatable bonds is 6. The zero-order valence-corrected chi connectivity index (χ0v) is 19.1. The fourth-order valence-corrected chi connectivity index (χ4v) is 3.86. The predicted octanol–water partition coefficient (Wildman–Crippen LogP) is 6.60. The molecule has 0 fully saturated rings. The maximum Gasteiger partial charge on any atom is 0.337 e. The van der Waals surface area contributed by atoms with Crippen molar-refractivity contribution < 1.29 is 14.3 Å². The molecule has 4 aromatic rings. The lowest BCUT2D eigenvalue weighted by atomic mass is 10.00. The highest BCUT2D eigenvalue weighted by Gasteiger charge is 2.19. The molecule has 0 atom stereocenters. The quantitative estimate of drug-likeness (QED) is 0.336. The van der Waals surface area contributed by atoms with Gasteiger partial charge in [0.2, 0.25) is 0 Å². The fraction of sp³-hybridized carbons (Fsp3) is 0.160. The van der Waals surface area contributed by atoms with E-state index in [0.717, 1.165) is 28.8 Å². The number of carboxylic acid groups (broad SMARTS) is 1. The topological polar surface area (TPSA) is 80.0 Å². The molecule has 8 heteroatoms. The molecular weight excluding hydrogens is 443 g/mol. The summed E-state index contributed by atoms with van der Waals surface area (Å²) < 4.78 is 15.6. The van der Waals surface area contributed by atoms with E-state index in [-0.39, 0.29) is 11.3 Å². The van der Waals surface area contributed by atoms with Gasteiger partial charge >= 0.3 is 5.97 Å². The van der Waals surface area contributed by atoms with Crippen molar-refractivity contribution in [1.29, 1.82) is 0 Å². The van der Waals surface area contributed by atoms with Crippen molar-refractivity contribution in [1.82, 2.24) is 14.8 Å². The highest BCUT2D eigenvalue weighted by molar-refractivity contribution is 6.32. The Bertz CT molecular complexity index is 1330. The van der Waals surface area contributed by atoms with Gasteiger partial charge in [0.25, 0.3) is 0 Å². The number of nitrogens with one attached hydrogen (secondary N) is 1. The van der Waals surface area contributed by atoms with Crippen LogP contribution in [0.4, 0.5) is 15.9 Å². The van der Waals surface area contributed by atoms with Gasteiger partial charge in [-0.05, 0) is 48.2 Å². The number of pyridine rings is 1. The van der Waals surface area contributed by atoms with Crippen molar-refractivity contribution in [3.63, 3.8) is 0 Å². The summed E-state index contributed by atoms with van der Waals surface area (Å²) in [5.74, 6) is -0.959. The molecule has 0 unspecified atom stereocenters. The third kappa shape index (κ3) is 4.59. The first kappa shape index (κ1) is 22.5. The maximum atomic E-state index is 14.0. The van der Waals surface area contributed by atoms with Crippen LogP contribution in [0.3, 0.4) is 0 Å². The lowest BCUT2D eigenvalue weighted by molar-refractivity contribution is 0.0698. The first-order valence-corrected chi connectivity index (χ1v) is 10.7. The van der Waals surface area contributed by atoms with Crippen LogP contribution in [0.1, 0.15) is 41.3 Å². The molecule has 0 radical (unpaired) electrons. The Morgan fingerprint density at radius 2 is 1.94 bits per heavy atom. The maximum absolute atomic E-state index is 14.0. The number of aryl methyl sites for hydroxylation is 1. The summed E-state index contributed by atoms with van der Waals surface area (Å²) in [5.41, 5.74) is 4.11. The van der Waals surface area contributed by atoms with Crippen LogP contribution in [-0.4, -0.2) is 25.8 Å². The van der Waals surface area contributed by atoms with Crippen LogP contribution in [-0.2, 0) is 0 Å². The van der Waals surface area contributed by atoms with Crippen LogP contribution < -0.4 is 5.32 Å². The van der Waals surface area contributed by atoms with Crippen LogP contribution in [0.25, 0.3) is 16.9 Å². The minimum absolute atomic E-state index is 0.0648. The van der Waals surface area contributed by atoms with E-state index in [1.165, 1.54) is 12.3 Å². The Hall–Kier alpha value is -3.71. The number of aromatic nitrogens is 3. The molecule has 0 bridgehead atoms. The molecule has 0 saturated carbocycles. The van der Waals surface area contributed by atoms with E-state index in [1.54, 1.807) is 16.9 Å². The monoisotopic (exact) mass is 464 g/mol. The number of carbonyl (C=O) groups is 1. The SMILES string of the molecule is Cc1cncc(Cl)c1-n1nc(-c2cccc(C(C)C)c2)cc1Nc1cc(F)ccc1C(=O)O. The molecular formula is C25H22ClFN4O2. The Labute approximate surface area is 195 Å². The standard InChI is InChI=1S/C25H22ClFN4O2/c1-14(2)16-5-4-6-17(9-16)21-11-23(29-22-10-18(27)7-8-19(22)25(32)33)31(30-21)24-15(3)12-28-13-20(24)26/h4-14,29H,1-3H3,(H,32,33). The summed E-state index contributed by atoms with van der Waals surface area (Å²) >= 11 is 6.46. The number of aromatic carboxylic acids is 1. The number of benzene rings is 2. The molecule has 6 nitrogen and oxygen atoms in total. The normalized spacial score (nSPS) is 11.1. The Morgan fingerprint density at radius 1 is 1.15 bits per heavy atom. The van der Waals surface area contributed by atoms with Crippen molar-refractivity contribution in [2.45, 2.75) is 26.7 Å². The average molecular weight is 465 g/mol. The number of hydrogen-bond acceptors (Lipinski definition) is 4. The predicted molar refractivity (Wildman–Crippen MR) is 127 cm³/mol. The molecule has 0 aliphatic carbocycles. The first-order valence-electron chi connectivity index (χ1n) is 10.4. The van der Waals surface area contributed by atoms with Gasteiger partial charge in [0, 0.05) is 24.0 Å². The molecule has 2 heterocycles. The second kappa shape index (κ2) is 9.03. The van der Waals surface area contributed by atoms with Crippen LogP contribution in [0.5, 0.6) is 0 Å². The number of halogens is 2. The molecule has 0 aliphatic heterocycles. The van der Waals surface area contributed by atoms with Crippen molar-refractivity contribution in [3.8, 4) is 16.9 Å². The van der Waals surface area contributed by atoms with E-state index < -0.39 is 11.8 Å². The van der Waals surface area contributed by atoms with Gasteiger partial charge in [-0.25, -0.2) is 13.9 Å². The molecule has 2 aromatic carbocycles. The number of nitrogens with zero attached hydrogens (tertiary/aromatic N) is 3. The van der Waals surface area contributed by atoms with E-state index in [1.807, 2.05) is 19.1 Å². The molecule has 0 saturated heterocycles. The highest BCUT2D eigenvalue weighted by atomic mass is 35.5. The molecule has 0 spiro atoms. The van der Waals surface area contributed by atoms with Crippen molar-refractivity contribution in [2.75, 3.05) is 5.32 Å². The average Bonchev–Trinajstić information content (AvgIpc) is 3.17. The molecule has 0 aliphatic rings. The minimum Gasteiger partial charge on any atom is -0.478 e. The zero-order chi connectivity index (χ0) is 23.7. The van der Waals surface area contributed by atoms with Gasteiger partial charge in [0.15, 0.2) is 0 Å². The van der Waals surface area contributed by atoms with Crippen molar-refractivity contribution in [3.05, 3.63) is 88.5 Å². The number of carboxylic acids is 1. The van der Waals surface area contributed by atoms with Crippen LogP contribution in [0.15, 0.2) is 60.9 Å². The summed E-state index contributed by atoms with van der Waals surface area (Å²) in [6.45, 7) is 6.08. The molecule has 0 amide bonds.